The first-order chi connectivity index (χ1) is 11.2. The van der Waals surface area contributed by atoms with Gasteiger partial charge in [-0.2, -0.15) is 0 Å². The SMILES string of the molecule is COc1ccc(CON2C(=O)c3ccccc3C2=O)c(OC)c1. The summed E-state index contributed by atoms with van der Waals surface area (Å²) in [6.45, 7) is 0.0264. The fourth-order valence-electron chi connectivity index (χ4n) is 2.39. The maximum atomic E-state index is 12.2. The molecule has 3 rings (SSSR count). The summed E-state index contributed by atoms with van der Waals surface area (Å²) >= 11 is 0. The number of ether oxygens (including phenoxy) is 2. The van der Waals surface area contributed by atoms with E-state index in [1.165, 1.54) is 7.11 Å². The number of nitrogens with zero attached hydrogens (tertiary/aromatic N) is 1. The number of hydrogen-bond acceptors (Lipinski definition) is 5. The second-order valence-electron chi connectivity index (χ2n) is 4.90. The van der Waals surface area contributed by atoms with Gasteiger partial charge in [-0.15, -0.1) is 5.06 Å². The molecule has 0 unspecified atom stereocenters. The lowest BCUT2D eigenvalue weighted by molar-refractivity contribution is -0.101. The molecule has 2 amide bonds. The zero-order chi connectivity index (χ0) is 16.4. The Morgan fingerprint density at radius 2 is 1.57 bits per heavy atom. The van der Waals surface area contributed by atoms with Crippen molar-refractivity contribution in [3.63, 3.8) is 0 Å². The Hall–Kier alpha value is -2.86. The normalized spacial score (nSPS) is 13.2. The molecule has 0 saturated heterocycles. The molecule has 1 aliphatic rings. The minimum atomic E-state index is -0.460. The van der Waals surface area contributed by atoms with E-state index in [9.17, 15) is 9.59 Å². The molecule has 2 aromatic carbocycles. The maximum absolute atomic E-state index is 12.2. The Bertz CT molecular complexity index is 736. The molecule has 1 aliphatic heterocycles. The van der Waals surface area contributed by atoms with Gasteiger partial charge in [-0.05, 0) is 24.3 Å². The second kappa shape index (κ2) is 6.10. The van der Waals surface area contributed by atoms with Crippen LogP contribution in [0, 0.1) is 0 Å². The summed E-state index contributed by atoms with van der Waals surface area (Å²) in [7, 11) is 3.09. The minimum Gasteiger partial charge on any atom is -0.497 e. The molecule has 0 spiro atoms. The van der Waals surface area contributed by atoms with E-state index in [0.717, 1.165) is 5.06 Å². The van der Waals surface area contributed by atoms with Crippen molar-refractivity contribution in [2.45, 2.75) is 6.61 Å². The number of carbonyl (C=O) groups is 2. The molecule has 0 aliphatic carbocycles. The van der Waals surface area contributed by atoms with E-state index in [4.69, 9.17) is 14.3 Å². The van der Waals surface area contributed by atoms with Crippen LogP contribution in [0.2, 0.25) is 0 Å². The number of rotatable bonds is 5. The number of hydroxylamine groups is 2. The molecule has 118 valence electrons. The third-order valence-corrected chi connectivity index (χ3v) is 3.60. The van der Waals surface area contributed by atoms with Gasteiger partial charge in [0.15, 0.2) is 0 Å². The van der Waals surface area contributed by atoms with Gasteiger partial charge in [0.25, 0.3) is 11.8 Å². The van der Waals surface area contributed by atoms with Crippen molar-refractivity contribution in [3.05, 3.63) is 59.2 Å². The fourth-order valence-corrected chi connectivity index (χ4v) is 2.39. The molecule has 2 aromatic rings. The zero-order valence-corrected chi connectivity index (χ0v) is 12.7. The quantitative estimate of drug-likeness (QED) is 0.793. The summed E-state index contributed by atoms with van der Waals surface area (Å²) in [5.74, 6) is 0.281. The topological polar surface area (TPSA) is 65.1 Å². The molecule has 0 atom stereocenters. The zero-order valence-electron chi connectivity index (χ0n) is 12.7. The van der Waals surface area contributed by atoms with Gasteiger partial charge in [-0.3, -0.25) is 14.4 Å². The number of benzene rings is 2. The van der Waals surface area contributed by atoms with Crippen LogP contribution in [0.15, 0.2) is 42.5 Å². The van der Waals surface area contributed by atoms with E-state index >= 15 is 0 Å². The number of methoxy groups -OCH3 is 2. The predicted octanol–water partition coefficient (Wildman–Crippen LogP) is 2.43. The first-order valence-corrected chi connectivity index (χ1v) is 6.97. The summed E-state index contributed by atoms with van der Waals surface area (Å²) in [4.78, 5) is 29.8. The second-order valence-corrected chi connectivity index (χ2v) is 4.90. The molecule has 0 aromatic heterocycles. The van der Waals surface area contributed by atoms with Crippen molar-refractivity contribution in [1.82, 2.24) is 5.06 Å². The van der Waals surface area contributed by atoms with E-state index in [0.29, 0.717) is 28.2 Å². The summed E-state index contributed by atoms with van der Waals surface area (Å²) in [6.07, 6.45) is 0. The largest absolute Gasteiger partial charge is 0.497 e. The molecule has 23 heavy (non-hydrogen) atoms. The van der Waals surface area contributed by atoms with Crippen molar-refractivity contribution in [3.8, 4) is 11.5 Å². The fraction of sp³-hybridized carbons (Fsp3) is 0.176. The highest BCUT2D eigenvalue weighted by Gasteiger charge is 2.36. The summed E-state index contributed by atoms with van der Waals surface area (Å²) < 4.78 is 10.4. The lowest BCUT2D eigenvalue weighted by atomic mass is 10.1. The van der Waals surface area contributed by atoms with Gasteiger partial charge < -0.3 is 9.47 Å². The molecule has 0 bridgehead atoms. The third-order valence-electron chi connectivity index (χ3n) is 3.60. The minimum absolute atomic E-state index is 0.0264. The van der Waals surface area contributed by atoms with Gasteiger partial charge in [-0.1, -0.05) is 12.1 Å². The van der Waals surface area contributed by atoms with Crippen molar-refractivity contribution >= 4 is 11.8 Å². The average Bonchev–Trinajstić information content (AvgIpc) is 2.84. The van der Waals surface area contributed by atoms with E-state index in [1.54, 1.807) is 49.6 Å². The summed E-state index contributed by atoms with van der Waals surface area (Å²) in [5.41, 5.74) is 1.39. The molecule has 6 nitrogen and oxygen atoms in total. The molecular weight excluding hydrogens is 298 g/mol. The summed E-state index contributed by atoms with van der Waals surface area (Å²) in [6, 6.07) is 11.8. The van der Waals surface area contributed by atoms with Gasteiger partial charge >= 0.3 is 0 Å². The van der Waals surface area contributed by atoms with E-state index < -0.39 is 11.8 Å². The van der Waals surface area contributed by atoms with Crippen molar-refractivity contribution in [1.29, 1.82) is 0 Å². The van der Waals surface area contributed by atoms with E-state index in [1.807, 2.05) is 0 Å². The number of imide groups is 1. The van der Waals surface area contributed by atoms with Crippen molar-refractivity contribution in [2.75, 3.05) is 14.2 Å². The number of fused-ring (bicyclic) bond motifs is 1. The highest BCUT2D eigenvalue weighted by molar-refractivity contribution is 6.20. The monoisotopic (exact) mass is 313 g/mol. The van der Waals surface area contributed by atoms with Gasteiger partial charge in [0.2, 0.25) is 0 Å². The van der Waals surface area contributed by atoms with Crippen LogP contribution in [-0.2, 0) is 11.4 Å². The van der Waals surface area contributed by atoms with Crippen LogP contribution in [0.3, 0.4) is 0 Å². The lowest BCUT2D eigenvalue weighted by Crippen LogP contribution is -2.29. The first kappa shape index (κ1) is 15.1. The molecule has 6 heteroatoms. The van der Waals surface area contributed by atoms with Crippen LogP contribution in [0.1, 0.15) is 26.3 Å². The summed E-state index contributed by atoms with van der Waals surface area (Å²) in [5, 5.41) is 0.786. The van der Waals surface area contributed by atoms with Crippen LogP contribution < -0.4 is 9.47 Å². The van der Waals surface area contributed by atoms with Crippen LogP contribution in [0.5, 0.6) is 11.5 Å². The van der Waals surface area contributed by atoms with Crippen LogP contribution in [0.25, 0.3) is 0 Å². The average molecular weight is 313 g/mol. The van der Waals surface area contributed by atoms with Crippen LogP contribution >= 0.6 is 0 Å². The Kier molecular flexibility index (Phi) is 3.99. The third kappa shape index (κ3) is 2.64. The van der Waals surface area contributed by atoms with Crippen molar-refractivity contribution in [2.24, 2.45) is 0 Å². The van der Waals surface area contributed by atoms with Crippen LogP contribution in [-0.4, -0.2) is 31.1 Å². The molecule has 0 fully saturated rings. The Labute approximate surface area is 133 Å². The Morgan fingerprint density at radius 1 is 0.913 bits per heavy atom. The van der Waals surface area contributed by atoms with Gasteiger partial charge in [0.1, 0.15) is 18.1 Å². The molecular formula is C17H15NO5. The Morgan fingerprint density at radius 3 is 2.13 bits per heavy atom. The Balaban J connectivity index is 1.77. The van der Waals surface area contributed by atoms with Gasteiger partial charge in [0.05, 0.1) is 25.3 Å². The number of carbonyl (C=O) groups excluding carboxylic acids is 2. The highest BCUT2D eigenvalue weighted by Crippen LogP contribution is 2.27. The number of hydrogen-bond donors (Lipinski definition) is 0. The molecule has 1 heterocycles. The highest BCUT2D eigenvalue weighted by atomic mass is 16.7. The first-order valence-electron chi connectivity index (χ1n) is 6.97. The predicted molar refractivity (Wildman–Crippen MR) is 81.3 cm³/mol. The van der Waals surface area contributed by atoms with Gasteiger partial charge in [-0.25, -0.2) is 0 Å². The molecule has 0 radical (unpaired) electrons. The molecule has 0 saturated carbocycles. The lowest BCUT2D eigenvalue weighted by Gasteiger charge is -2.15. The standard InChI is InChI=1S/C17H15NO5/c1-21-12-8-7-11(15(9-12)22-2)10-23-18-16(19)13-5-3-4-6-14(13)17(18)20/h3-9H,10H2,1-2H3. The van der Waals surface area contributed by atoms with Crippen molar-refractivity contribution < 1.29 is 23.9 Å². The maximum Gasteiger partial charge on any atom is 0.285 e. The molecule has 0 N–H and O–H groups in total. The van der Waals surface area contributed by atoms with Gasteiger partial charge in [0, 0.05) is 11.6 Å². The smallest absolute Gasteiger partial charge is 0.285 e. The van der Waals surface area contributed by atoms with E-state index in [2.05, 4.69) is 0 Å². The van der Waals surface area contributed by atoms with E-state index in [-0.39, 0.29) is 6.61 Å². The van der Waals surface area contributed by atoms with Crippen LogP contribution in [0.4, 0.5) is 0 Å². The number of amides is 2.